The van der Waals surface area contributed by atoms with Gasteiger partial charge in [-0.25, -0.2) is 9.78 Å². The molecule has 5 rings (SSSR count). The van der Waals surface area contributed by atoms with E-state index >= 15 is 0 Å². The molecule has 9 heteroatoms. The fourth-order valence-electron chi connectivity index (χ4n) is 5.33. The number of urea groups is 1. The number of aliphatic hydroxyl groups is 1. The fourth-order valence-corrected chi connectivity index (χ4v) is 5.33. The van der Waals surface area contributed by atoms with Crippen LogP contribution in [0.15, 0.2) is 73.2 Å². The standard InChI is InChI=1S/C29H37N7O2/c37-25(22-35-16-18-36(19-17-35)28-20-30-12-13-31-28)21-34-14-10-24(11-15-34)32-29(38)33-27-9-5-4-8-26(27)23-6-2-1-3-7-23/h1-9,12-13,20,24-25,37H,10-11,14-19,21-22H2,(H2,32,33,38). The van der Waals surface area contributed by atoms with Crippen molar-refractivity contribution in [3.8, 4) is 11.1 Å². The number of benzene rings is 2. The highest BCUT2D eigenvalue weighted by Gasteiger charge is 2.25. The number of likely N-dealkylation sites (tertiary alicyclic amines) is 1. The Bertz CT molecular complexity index is 1150. The minimum absolute atomic E-state index is 0.126. The molecule has 2 aliphatic heterocycles. The molecule has 1 unspecified atom stereocenters. The van der Waals surface area contributed by atoms with Crippen LogP contribution in [0.4, 0.5) is 16.3 Å². The van der Waals surface area contributed by atoms with E-state index in [2.05, 4.69) is 35.3 Å². The van der Waals surface area contributed by atoms with Gasteiger partial charge in [-0.2, -0.15) is 0 Å². The van der Waals surface area contributed by atoms with Crippen molar-refractivity contribution in [1.29, 1.82) is 0 Å². The van der Waals surface area contributed by atoms with E-state index in [0.29, 0.717) is 13.1 Å². The molecule has 2 amide bonds. The largest absolute Gasteiger partial charge is 0.390 e. The zero-order chi connectivity index (χ0) is 26.2. The van der Waals surface area contributed by atoms with Gasteiger partial charge in [0.2, 0.25) is 0 Å². The van der Waals surface area contributed by atoms with Crippen molar-refractivity contribution in [2.24, 2.45) is 0 Å². The molecule has 2 fully saturated rings. The molecule has 2 saturated heterocycles. The number of hydrogen-bond acceptors (Lipinski definition) is 7. The first kappa shape index (κ1) is 26.1. The van der Waals surface area contributed by atoms with Gasteiger partial charge in [-0.1, -0.05) is 48.5 Å². The van der Waals surface area contributed by atoms with Gasteiger partial charge in [0.1, 0.15) is 5.82 Å². The molecular weight excluding hydrogens is 478 g/mol. The summed E-state index contributed by atoms with van der Waals surface area (Å²) in [5.41, 5.74) is 2.87. The monoisotopic (exact) mass is 515 g/mol. The number of rotatable bonds is 8. The number of carbonyl (C=O) groups excluding carboxylic acids is 1. The number of nitrogens with one attached hydrogen (secondary N) is 2. The highest BCUT2D eigenvalue weighted by atomic mass is 16.3. The molecule has 0 saturated carbocycles. The highest BCUT2D eigenvalue weighted by Crippen LogP contribution is 2.27. The Morgan fingerprint density at radius 1 is 0.895 bits per heavy atom. The lowest BCUT2D eigenvalue weighted by Gasteiger charge is -2.37. The van der Waals surface area contributed by atoms with E-state index in [1.807, 2.05) is 54.6 Å². The number of β-amino-alcohol motifs (C(OH)–C–C–N with tert-alkyl or cyclic N) is 1. The smallest absolute Gasteiger partial charge is 0.319 e. The molecule has 2 aliphatic rings. The van der Waals surface area contributed by atoms with E-state index in [4.69, 9.17) is 0 Å². The lowest BCUT2D eigenvalue weighted by molar-refractivity contribution is 0.0618. The van der Waals surface area contributed by atoms with Crippen LogP contribution in [0, 0.1) is 0 Å². The minimum Gasteiger partial charge on any atom is -0.390 e. The molecule has 200 valence electrons. The van der Waals surface area contributed by atoms with Gasteiger partial charge < -0.3 is 25.5 Å². The van der Waals surface area contributed by atoms with Crippen molar-refractivity contribution in [2.75, 3.05) is 62.6 Å². The highest BCUT2D eigenvalue weighted by molar-refractivity contribution is 5.94. The average Bonchev–Trinajstić information content (AvgIpc) is 2.96. The Labute approximate surface area is 224 Å². The van der Waals surface area contributed by atoms with Crippen LogP contribution in [0.1, 0.15) is 12.8 Å². The van der Waals surface area contributed by atoms with Gasteiger partial charge in [0.15, 0.2) is 0 Å². The Hall–Kier alpha value is -3.53. The summed E-state index contributed by atoms with van der Waals surface area (Å²) in [5.74, 6) is 0.915. The van der Waals surface area contributed by atoms with Crippen LogP contribution in [0.5, 0.6) is 0 Å². The second kappa shape index (κ2) is 12.8. The zero-order valence-corrected chi connectivity index (χ0v) is 21.7. The molecule has 1 aromatic heterocycles. The predicted molar refractivity (Wildman–Crippen MR) is 150 cm³/mol. The third-order valence-electron chi connectivity index (χ3n) is 7.37. The van der Waals surface area contributed by atoms with E-state index < -0.39 is 0 Å². The Morgan fingerprint density at radius 3 is 2.29 bits per heavy atom. The molecular formula is C29H37N7O2. The number of aromatic nitrogens is 2. The molecule has 3 heterocycles. The van der Waals surface area contributed by atoms with Crippen molar-refractivity contribution < 1.29 is 9.90 Å². The van der Waals surface area contributed by atoms with E-state index in [-0.39, 0.29) is 18.2 Å². The molecule has 0 radical (unpaired) electrons. The van der Waals surface area contributed by atoms with Crippen molar-refractivity contribution in [1.82, 2.24) is 25.1 Å². The van der Waals surface area contributed by atoms with Crippen LogP contribution in [-0.2, 0) is 0 Å². The van der Waals surface area contributed by atoms with Crippen molar-refractivity contribution >= 4 is 17.5 Å². The Balaban J connectivity index is 1.02. The SMILES string of the molecule is O=C(Nc1ccccc1-c1ccccc1)NC1CCN(CC(O)CN2CCN(c3cnccn3)CC2)CC1. The Morgan fingerprint density at radius 2 is 1.58 bits per heavy atom. The molecule has 0 bridgehead atoms. The van der Waals surface area contributed by atoms with E-state index in [1.165, 1.54) is 0 Å². The zero-order valence-electron chi connectivity index (χ0n) is 21.7. The van der Waals surface area contributed by atoms with Gasteiger partial charge in [-0.15, -0.1) is 0 Å². The number of aliphatic hydroxyl groups excluding tert-OH is 1. The average molecular weight is 516 g/mol. The lowest BCUT2D eigenvalue weighted by atomic mass is 10.0. The number of amides is 2. The molecule has 3 aromatic rings. The second-order valence-corrected chi connectivity index (χ2v) is 10.1. The normalized spacial score (nSPS) is 18.2. The van der Waals surface area contributed by atoms with Gasteiger partial charge in [-0.05, 0) is 24.5 Å². The van der Waals surface area contributed by atoms with Crippen LogP contribution in [0.3, 0.4) is 0 Å². The third kappa shape index (κ3) is 7.06. The van der Waals surface area contributed by atoms with Crippen LogP contribution >= 0.6 is 0 Å². The fraction of sp³-hybridized carbons (Fsp3) is 0.414. The predicted octanol–water partition coefficient (Wildman–Crippen LogP) is 2.91. The summed E-state index contributed by atoms with van der Waals surface area (Å²) >= 11 is 0. The summed E-state index contributed by atoms with van der Waals surface area (Å²) in [4.78, 5) is 28.2. The number of piperidine rings is 1. The van der Waals surface area contributed by atoms with Gasteiger partial charge in [0.05, 0.1) is 18.0 Å². The van der Waals surface area contributed by atoms with Crippen LogP contribution in [0.25, 0.3) is 11.1 Å². The van der Waals surface area contributed by atoms with E-state index in [0.717, 1.165) is 74.7 Å². The first-order valence-electron chi connectivity index (χ1n) is 13.5. The number of nitrogens with zero attached hydrogens (tertiary/aromatic N) is 5. The van der Waals surface area contributed by atoms with Crippen molar-refractivity contribution in [2.45, 2.75) is 25.0 Å². The topological polar surface area (TPSA) is 96.9 Å². The van der Waals surface area contributed by atoms with Crippen LogP contribution in [0.2, 0.25) is 0 Å². The summed E-state index contributed by atoms with van der Waals surface area (Å²) in [7, 11) is 0. The maximum absolute atomic E-state index is 12.8. The third-order valence-corrected chi connectivity index (χ3v) is 7.37. The molecule has 0 spiro atoms. The number of anilines is 2. The van der Waals surface area contributed by atoms with Gasteiger partial charge in [0, 0.05) is 76.4 Å². The summed E-state index contributed by atoms with van der Waals surface area (Å²) in [5, 5.41) is 16.9. The van der Waals surface area contributed by atoms with Crippen LogP contribution in [-0.4, -0.2) is 95.4 Å². The molecule has 1 atom stereocenters. The lowest BCUT2D eigenvalue weighted by Crippen LogP contribution is -2.51. The first-order chi connectivity index (χ1) is 18.6. The van der Waals surface area contributed by atoms with E-state index in [1.54, 1.807) is 18.6 Å². The summed E-state index contributed by atoms with van der Waals surface area (Å²) in [6.45, 7) is 6.65. The second-order valence-electron chi connectivity index (χ2n) is 10.1. The number of para-hydroxylation sites is 1. The summed E-state index contributed by atoms with van der Waals surface area (Å²) in [6.07, 6.45) is 6.57. The van der Waals surface area contributed by atoms with Gasteiger partial charge in [-0.3, -0.25) is 9.88 Å². The molecule has 9 nitrogen and oxygen atoms in total. The summed E-state index contributed by atoms with van der Waals surface area (Å²) < 4.78 is 0. The molecule has 38 heavy (non-hydrogen) atoms. The Kier molecular flexibility index (Phi) is 8.80. The van der Waals surface area contributed by atoms with Gasteiger partial charge in [0.25, 0.3) is 0 Å². The maximum atomic E-state index is 12.8. The molecule has 2 aromatic carbocycles. The van der Waals surface area contributed by atoms with Gasteiger partial charge >= 0.3 is 6.03 Å². The van der Waals surface area contributed by atoms with Crippen molar-refractivity contribution in [3.63, 3.8) is 0 Å². The minimum atomic E-state index is -0.389. The van der Waals surface area contributed by atoms with E-state index in [9.17, 15) is 9.90 Å². The van der Waals surface area contributed by atoms with Crippen LogP contribution < -0.4 is 15.5 Å². The number of hydrogen-bond donors (Lipinski definition) is 3. The summed E-state index contributed by atoms with van der Waals surface area (Å²) in [6, 6.07) is 17.9. The molecule has 3 N–H and O–H groups in total. The quantitative estimate of drug-likeness (QED) is 0.425. The molecule has 0 aliphatic carbocycles. The number of piperazine rings is 1. The maximum Gasteiger partial charge on any atom is 0.319 e. The van der Waals surface area contributed by atoms with Crippen molar-refractivity contribution in [3.05, 3.63) is 73.2 Å². The first-order valence-corrected chi connectivity index (χ1v) is 13.5. The number of carbonyl (C=O) groups is 1.